The van der Waals surface area contributed by atoms with Gasteiger partial charge in [0.1, 0.15) is 0 Å². The van der Waals surface area contributed by atoms with Crippen molar-refractivity contribution in [3.63, 3.8) is 0 Å². The first-order valence-corrected chi connectivity index (χ1v) is 6.81. The van der Waals surface area contributed by atoms with Gasteiger partial charge in [-0.1, -0.05) is 13.8 Å². The number of rotatable bonds is 6. The van der Waals surface area contributed by atoms with Crippen LogP contribution in [0, 0.1) is 0 Å². The third-order valence-electron chi connectivity index (χ3n) is 2.04. The predicted molar refractivity (Wildman–Crippen MR) is 66.1 cm³/mol. The van der Waals surface area contributed by atoms with Gasteiger partial charge in [0, 0.05) is 35.4 Å². The average molecular weight is 234 g/mol. The van der Waals surface area contributed by atoms with E-state index in [-0.39, 0.29) is 5.25 Å². The first kappa shape index (κ1) is 14.4. The van der Waals surface area contributed by atoms with Crippen molar-refractivity contribution < 1.29 is 4.21 Å². The van der Waals surface area contributed by atoms with E-state index in [0.29, 0.717) is 5.96 Å². The number of nitrogens with one attached hydrogen (secondary N) is 2. The summed E-state index contributed by atoms with van der Waals surface area (Å²) in [5, 5.41) is 3.27. The number of hydrazine groups is 1. The Morgan fingerprint density at radius 1 is 1.60 bits per heavy atom. The molecule has 0 amide bonds. The van der Waals surface area contributed by atoms with Crippen molar-refractivity contribution in [1.82, 2.24) is 10.7 Å². The normalized spacial score (nSPS) is 15.9. The summed E-state index contributed by atoms with van der Waals surface area (Å²) >= 11 is 0. The lowest BCUT2D eigenvalue weighted by molar-refractivity contribution is 0.663. The highest BCUT2D eigenvalue weighted by Gasteiger charge is 2.05. The molecule has 0 rings (SSSR count). The summed E-state index contributed by atoms with van der Waals surface area (Å²) in [7, 11) is -0.764. The van der Waals surface area contributed by atoms with Crippen LogP contribution in [0.5, 0.6) is 0 Å². The van der Waals surface area contributed by atoms with Crippen molar-refractivity contribution in [3.05, 3.63) is 0 Å². The van der Waals surface area contributed by atoms with Gasteiger partial charge in [-0.2, -0.15) is 0 Å². The maximum Gasteiger partial charge on any atom is 0.205 e. The standard InChI is InChI=1S/C9H22N4OS/c1-4-6-11-9(13-10)12-7-5-8(2)15(3)14/h8H,4-7,10H2,1-3H3,(H2,11,12,13). The minimum absolute atomic E-state index is 0.197. The van der Waals surface area contributed by atoms with Crippen LogP contribution in [0.4, 0.5) is 0 Å². The molecule has 2 atom stereocenters. The summed E-state index contributed by atoms with van der Waals surface area (Å²) in [5.74, 6) is 5.89. The average Bonchev–Trinajstić information content (AvgIpc) is 2.22. The highest BCUT2D eigenvalue weighted by atomic mass is 32.2. The highest BCUT2D eigenvalue weighted by molar-refractivity contribution is 7.84. The molecule has 0 aromatic heterocycles. The van der Waals surface area contributed by atoms with Crippen molar-refractivity contribution in [3.8, 4) is 0 Å². The van der Waals surface area contributed by atoms with Crippen molar-refractivity contribution >= 4 is 16.8 Å². The third-order valence-corrected chi connectivity index (χ3v) is 3.41. The summed E-state index contributed by atoms with van der Waals surface area (Å²) in [4.78, 5) is 4.20. The van der Waals surface area contributed by atoms with Crippen LogP contribution in [-0.4, -0.2) is 34.8 Å². The van der Waals surface area contributed by atoms with E-state index in [2.05, 4.69) is 22.7 Å². The first-order chi connectivity index (χ1) is 7.11. The van der Waals surface area contributed by atoms with Crippen LogP contribution < -0.4 is 16.6 Å². The summed E-state index contributed by atoms with van der Waals surface area (Å²) in [6.45, 7) is 5.51. The molecule has 90 valence electrons. The van der Waals surface area contributed by atoms with E-state index in [1.165, 1.54) is 0 Å². The topological polar surface area (TPSA) is 79.5 Å². The summed E-state index contributed by atoms with van der Waals surface area (Å²) in [5.41, 5.74) is 2.50. The minimum atomic E-state index is -0.764. The van der Waals surface area contributed by atoms with Crippen molar-refractivity contribution in [2.45, 2.75) is 31.9 Å². The molecular weight excluding hydrogens is 212 g/mol. The maximum atomic E-state index is 11.1. The molecule has 0 fully saturated rings. The van der Waals surface area contributed by atoms with E-state index in [4.69, 9.17) is 5.84 Å². The van der Waals surface area contributed by atoms with E-state index in [0.717, 1.165) is 25.9 Å². The van der Waals surface area contributed by atoms with Crippen LogP contribution in [0.3, 0.4) is 0 Å². The van der Waals surface area contributed by atoms with Gasteiger partial charge in [-0.25, -0.2) is 5.84 Å². The molecule has 5 nitrogen and oxygen atoms in total. The monoisotopic (exact) mass is 234 g/mol. The molecule has 0 aromatic rings. The van der Waals surface area contributed by atoms with Crippen LogP contribution in [0.2, 0.25) is 0 Å². The molecule has 0 heterocycles. The Labute approximate surface area is 94.3 Å². The van der Waals surface area contributed by atoms with E-state index in [1.54, 1.807) is 6.26 Å². The smallest absolute Gasteiger partial charge is 0.205 e. The Morgan fingerprint density at radius 3 is 2.73 bits per heavy atom. The molecule has 0 saturated heterocycles. The van der Waals surface area contributed by atoms with Gasteiger partial charge in [-0.3, -0.25) is 14.6 Å². The van der Waals surface area contributed by atoms with Crippen LogP contribution in [0.15, 0.2) is 4.99 Å². The van der Waals surface area contributed by atoms with E-state index < -0.39 is 10.8 Å². The zero-order valence-corrected chi connectivity index (χ0v) is 10.6. The lowest BCUT2D eigenvalue weighted by atomic mass is 10.3. The van der Waals surface area contributed by atoms with Crippen molar-refractivity contribution in [1.29, 1.82) is 0 Å². The van der Waals surface area contributed by atoms with Gasteiger partial charge in [0.25, 0.3) is 0 Å². The molecule has 0 aromatic carbocycles. The van der Waals surface area contributed by atoms with Crippen LogP contribution in [0.25, 0.3) is 0 Å². The molecule has 0 saturated carbocycles. The fourth-order valence-corrected chi connectivity index (χ4v) is 1.39. The highest BCUT2D eigenvalue weighted by Crippen LogP contribution is 1.96. The van der Waals surface area contributed by atoms with E-state index >= 15 is 0 Å². The number of hydrogen-bond acceptors (Lipinski definition) is 3. The number of guanidine groups is 1. The number of nitrogens with two attached hydrogens (primary N) is 1. The Balaban J connectivity index is 3.77. The molecule has 4 N–H and O–H groups in total. The zero-order chi connectivity index (χ0) is 11.7. The minimum Gasteiger partial charge on any atom is -0.355 e. The van der Waals surface area contributed by atoms with Gasteiger partial charge in [-0.05, 0) is 12.8 Å². The Hall–Kier alpha value is -0.620. The van der Waals surface area contributed by atoms with E-state index in [1.807, 2.05) is 6.92 Å². The van der Waals surface area contributed by atoms with Gasteiger partial charge in [0.05, 0.1) is 0 Å². The molecule has 2 unspecified atom stereocenters. The molecule has 0 aliphatic carbocycles. The molecule has 0 spiro atoms. The zero-order valence-electron chi connectivity index (χ0n) is 9.75. The van der Waals surface area contributed by atoms with Crippen LogP contribution >= 0.6 is 0 Å². The van der Waals surface area contributed by atoms with Gasteiger partial charge in [0.15, 0.2) is 0 Å². The number of hydrogen-bond donors (Lipinski definition) is 3. The second-order valence-electron chi connectivity index (χ2n) is 3.40. The summed E-state index contributed by atoms with van der Waals surface area (Å²) < 4.78 is 11.1. The third kappa shape index (κ3) is 7.33. The Kier molecular flexibility index (Phi) is 8.31. The Morgan fingerprint density at radius 2 is 2.27 bits per heavy atom. The lowest BCUT2D eigenvalue weighted by Crippen LogP contribution is -2.42. The molecule has 0 bridgehead atoms. The second-order valence-corrected chi connectivity index (χ2v) is 5.20. The predicted octanol–water partition coefficient (Wildman–Crippen LogP) is -0.0376. The first-order valence-electron chi connectivity index (χ1n) is 5.19. The lowest BCUT2D eigenvalue weighted by Gasteiger charge is -2.11. The second kappa shape index (κ2) is 8.67. The molecular formula is C9H22N4OS. The largest absolute Gasteiger partial charge is 0.355 e. The molecule has 15 heavy (non-hydrogen) atoms. The van der Waals surface area contributed by atoms with Gasteiger partial charge >= 0.3 is 0 Å². The number of nitrogens with zero attached hydrogens (tertiary/aromatic N) is 1. The van der Waals surface area contributed by atoms with Gasteiger partial charge < -0.3 is 5.32 Å². The molecule has 6 heteroatoms. The molecule has 0 radical (unpaired) electrons. The Bertz CT molecular complexity index is 220. The maximum absolute atomic E-state index is 11.1. The SMILES string of the molecule is CCCN=C(NN)NCCC(C)S(C)=O. The van der Waals surface area contributed by atoms with Gasteiger partial charge in [-0.15, -0.1) is 0 Å². The molecule has 0 aliphatic heterocycles. The quantitative estimate of drug-likeness (QED) is 0.261. The fraction of sp³-hybridized carbons (Fsp3) is 0.889. The van der Waals surface area contributed by atoms with Crippen molar-refractivity contribution in [2.75, 3.05) is 19.3 Å². The van der Waals surface area contributed by atoms with Crippen molar-refractivity contribution in [2.24, 2.45) is 10.8 Å². The summed E-state index contributed by atoms with van der Waals surface area (Å²) in [6, 6.07) is 0. The summed E-state index contributed by atoms with van der Waals surface area (Å²) in [6.07, 6.45) is 3.55. The van der Waals surface area contributed by atoms with Crippen LogP contribution in [0.1, 0.15) is 26.7 Å². The number of aliphatic imine (C=N–C) groups is 1. The fourth-order valence-electron chi connectivity index (χ4n) is 0.936. The molecule has 0 aliphatic rings. The van der Waals surface area contributed by atoms with E-state index in [9.17, 15) is 4.21 Å². The van der Waals surface area contributed by atoms with Crippen LogP contribution in [-0.2, 0) is 10.8 Å². The van der Waals surface area contributed by atoms with Gasteiger partial charge in [0.2, 0.25) is 5.96 Å².